The minimum absolute atomic E-state index is 0.199. The van der Waals surface area contributed by atoms with Crippen molar-refractivity contribution in [3.63, 3.8) is 0 Å². The van der Waals surface area contributed by atoms with Crippen LogP contribution in [0.4, 0.5) is 0 Å². The van der Waals surface area contributed by atoms with Gasteiger partial charge in [0.2, 0.25) is 5.91 Å². The van der Waals surface area contributed by atoms with E-state index in [1.807, 2.05) is 96.7 Å². The van der Waals surface area contributed by atoms with Crippen molar-refractivity contribution in [1.29, 1.82) is 0 Å². The minimum atomic E-state index is -0.235. The lowest BCUT2D eigenvalue weighted by molar-refractivity contribution is -0.135. The molecule has 222 valence electrons. The molecule has 1 aliphatic heterocycles. The first-order chi connectivity index (χ1) is 19.7. The summed E-state index contributed by atoms with van der Waals surface area (Å²) in [7, 11) is 0. The number of halogens is 1. The van der Waals surface area contributed by atoms with Crippen LogP contribution in [0.25, 0.3) is 0 Å². The van der Waals surface area contributed by atoms with Gasteiger partial charge in [0.25, 0.3) is 0 Å². The van der Waals surface area contributed by atoms with Crippen LogP contribution in [0.15, 0.2) is 89.4 Å². The van der Waals surface area contributed by atoms with Gasteiger partial charge in [-0.1, -0.05) is 144 Å². The van der Waals surface area contributed by atoms with E-state index in [0.717, 1.165) is 37.2 Å². The van der Waals surface area contributed by atoms with Crippen molar-refractivity contribution in [2.24, 2.45) is 0 Å². The van der Waals surface area contributed by atoms with Crippen molar-refractivity contribution in [2.45, 2.75) is 80.9 Å². The Morgan fingerprint density at radius 2 is 1.15 bits per heavy atom. The van der Waals surface area contributed by atoms with Gasteiger partial charge < -0.3 is 10.2 Å². The van der Waals surface area contributed by atoms with Crippen LogP contribution in [0, 0.1) is 0 Å². The second-order valence-electron chi connectivity index (χ2n) is 8.34. The zero-order chi connectivity index (χ0) is 30.2. The van der Waals surface area contributed by atoms with Gasteiger partial charge in [-0.15, -0.1) is 0 Å². The first-order valence-corrected chi connectivity index (χ1v) is 16.0. The van der Waals surface area contributed by atoms with Crippen molar-refractivity contribution in [1.82, 2.24) is 15.1 Å². The number of carbonyl (C=O) groups excluding carboxylic acids is 1. The maximum Gasteiger partial charge on any atom is 0.240 e. The van der Waals surface area contributed by atoms with E-state index in [0.29, 0.717) is 13.0 Å². The fourth-order valence-electron chi connectivity index (χ4n) is 4.13. The number of benzene rings is 3. The van der Waals surface area contributed by atoms with E-state index >= 15 is 0 Å². The highest BCUT2D eigenvalue weighted by atomic mass is 79.9. The molecule has 0 radical (unpaired) electrons. The predicted molar refractivity (Wildman–Crippen MR) is 179 cm³/mol. The number of hydrogen-bond donors (Lipinski definition) is 1. The van der Waals surface area contributed by atoms with Crippen LogP contribution in [-0.2, 0) is 24.3 Å². The number of nitrogens with one attached hydrogen (secondary N) is 1. The molecule has 0 aromatic heterocycles. The standard InChI is InChI=1S/C27H30BrN3O.4C2H6/c28-25-13-11-23(12-14-25)20-29-26(19-22-7-3-1-4-8-22)27(32)31-17-15-30(16-18-31)21-24-9-5-2-6-10-24;4*1-2/h1-14,26,29H,15-21H2;4*1-2H3. The maximum atomic E-state index is 13.5. The average Bonchev–Trinajstić information content (AvgIpc) is 3.05. The van der Waals surface area contributed by atoms with Gasteiger partial charge >= 0.3 is 0 Å². The number of piperazine rings is 1. The second-order valence-corrected chi connectivity index (χ2v) is 9.25. The molecular weight excluding hydrogens is 558 g/mol. The second kappa shape index (κ2) is 24.3. The van der Waals surface area contributed by atoms with Crippen LogP contribution in [0.5, 0.6) is 0 Å². The molecule has 0 spiro atoms. The molecular formula is C35H54BrN3O. The zero-order valence-corrected chi connectivity index (χ0v) is 27.9. The maximum absolute atomic E-state index is 13.5. The zero-order valence-electron chi connectivity index (χ0n) is 26.3. The molecule has 1 N–H and O–H groups in total. The number of hydrogen-bond acceptors (Lipinski definition) is 3. The quantitative estimate of drug-likeness (QED) is 0.277. The molecule has 5 heteroatoms. The van der Waals surface area contributed by atoms with Gasteiger partial charge in [0, 0.05) is 43.7 Å². The Kier molecular flexibility index (Phi) is 22.8. The predicted octanol–water partition coefficient (Wildman–Crippen LogP) is 8.60. The van der Waals surface area contributed by atoms with Crippen molar-refractivity contribution >= 4 is 21.8 Å². The van der Waals surface area contributed by atoms with E-state index in [4.69, 9.17) is 0 Å². The van der Waals surface area contributed by atoms with E-state index in [-0.39, 0.29) is 11.9 Å². The molecule has 40 heavy (non-hydrogen) atoms. The lowest BCUT2D eigenvalue weighted by Crippen LogP contribution is -2.54. The van der Waals surface area contributed by atoms with E-state index in [2.05, 4.69) is 74.7 Å². The summed E-state index contributed by atoms with van der Waals surface area (Å²) in [5, 5.41) is 3.53. The monoisotopic (exact) mass is 611 g/mol. The van der Waals surface area contributed by atoms with Crippen LogP contribution in [0.2, 0.25) is 0 Å². The Bertz CT molecular complexity index is 973. The van der Waals surface area contributed by atoms with Crippen LogP contribution in [0.3, 0.4) is 0 Å². The summed E-state index contributed by atoms with van der Waals surface area (Å²) in [6.07, 6.45) is 0.695. The molecule has 1 aliphatic rings. The van der Waals surface area contributed by atoms with Crippen molar-refractivity contribution < 1.29 is 4.79 Å². The van der Waals surface area contributed by atoms with Gasteiger partial charge in [-0.05, 0) is 35.2 Å². The molecule has 1 heterocycles. The third-order valence-corrected chi connectivity index (χ3v) is 6.51. The summed E-state index contributed by atoms with van der Waals surface area (Å²) >= 11 is 3.49. The molecule has 3 aromatic carbocycles. The fraction of sp³-hybridized carbons (Fsp3) is 0.457. The SMILES string of the molecule is CC.CC.CC.CC.O=C(C(Cc1ccccc1)NCc1ccc(Br)cc1)N1CCN(Cc2ccccc2)CC1. The highest BCUT2D eigenvalue weighted by molar-refractivity contribution is 9.10. The number of carbonyl (C=O) groups is 1. The summed E-state index contributed by atoms with van der Waals surface area (Å²) in [4.78, 5) is 17.9. The molecule has 1 fully saturated rings. The van der Waals surface area contributed by atoms with Crippen LogP contribution >= 0.6 is 15.9 Å². The summed E-state index contributed by atoms with van der Waals surface area (Å²) in [5.41, 5.74) is 3.68. The number of amides is 1. The Morgan fingerprint density at radius 3 is 1.65 bits per heavy atom. The van der Waals surface area contributed by atoms with E-state index in [9.17, 15) is 4.79 Å². The molecule has 4 nitrogen and oxygen atoms in total. The largest absolute Gasteiger partial charge is 0.339 e. The molecule has 0 saturated carbocycles. The lowest BCUT2D eigenvalue weighted by Gasteiger charge is -2.36. The molecule has 0 bridgehead atoms. The highest BCUT2D eigenvalue weighted by Gasteiger charge is 2.27. The highest BCUT2D eigenvalue weighted by Crippen LogP contribution is 2.14. The Balaban J connectivity index is 0.00000175. The summed E-state index contributed by atoms with van der Waals surface area (Å²) in [6, 6.07) is 28.8. The van der Waals surface area contributed by atoms with Crippen molar-refractivity contribution in [3.05, 3.63) is 106 Å². The third-order valence-electron chi connectivity index (χ3n) is 5.98. The van der Waals surface area contributed by atoms with Gasteiger partial charge in [0.05, 0.1) is 6.04 Å². The molecule has 4 rings (SSSR count). The van der Waals surface area contributed by atoms with Crippen molar-refractivity contribution in [2.75, 3.05) is 26.2 Å². The summed E-state index contributed by atoms with van der Waals surface area (Å²) in [5.74, 6) is 0.199. The van der Waals surface area contributed by atoms with Gasteiger partial charge in [0.1, 0.15) is 0 Å². The third kappa shape index (κ3) is 14.2. The Labute approximate surface area is 254 Å². The first kappa shape index (κ1) is 37.5. The normalized spacial score (nSPS) is 13.0. The Morgan fingerprint density at radius 1 is 0.675 bits per heavy atom. The van der Waals surface area contributed by atoms with Gasteiger partial charge in [-0.2, -0.15) is 0 Å². The minimum Gasteiger partial charge on any atom is -0.339 e. The molecule has 1 amide bonds. The average molecular weight is 613 g/mol. The molecule has 1 atom stereocenters. The first-order valence-electron chi connectivity index (χ1n) is 15.2. The fourth-order valence-corrected chi connectivity index (χ4v) is 4.39. The van der Waals surface area contributed by atoms with Gasteiger partial charge in [0.15, 0.2) is 0 Å². The number of nitrogens with zero attached hydrogens (tertiary/aromatic N) is 2. The molecule has 1 unspecified atom stereocenters. The van der Waals surface area contributed by atoms with E-state index in [1.54, 1.807) is 0 Å². The lowest BCUT2D eigenvalue weighted by atomic mass is 10.0. The molecule has 3 aromatic rings. The number of rotatable bonds is 8. The van der Waals surface area contributed by atoms with Gasteiger partial charge in [-0.3, -0.25) is 9.69 Å². The van der Waals surface area contributed by atoms with Crippen molar-refractivity contribution in [3.8, 4) is 0 Å². The molecule has 1 saturated heterocycles. The smallest absolute Gasteiger partial charge is 0.240 e. The van der Waals surface area contributed by atoms with Crippen LogP contribution in [-0.4, -0.2) is 47.9 Å². The topological polar surface area (TPSA) is 35.6 Å². The molecule has 0 aliphatic carbocycles. The Hall–Kier alpha value is -2.47. The van der Waals surface area contributed by atoms with E-state index < -0.39 is 0 Å². The summed E-state index contributed by atoms with van der Waals surface area (Å²) < 4.78 is 1.06. The van der Waals surface area contributed by atoms with Crippen LogP contribution < -0.4 is 5.32 Å². The van der Waals surface area contributed by atoms with E-state index in [1.165, 1.54) is 16.7 Å². The summed E-state index contributed by atoms with van der Waals surface area (Å²) in [6.45, 7) is 21.0. The van der Waals surface area contributed by atoms with Gasteiger partial charge in [-0.25, -0.2) is 0 Å². The van der Waals surface area contributed by atoms with Crippen LogP contribution in [0.1, 0.15) is 72.1 Å².